The van der Waals surface area contributed by atoms with Gasteiger partial charge in [0.05, 0.1) is 17.8 Å². The monoisotopic (exact) mass is 376 g/mol. The molecule has 142 valence electrons. The molecule has 1 N–H and O–H groups in total. The van der Waals surface area contributed by atoms with E-state index in [2.05, 4.69) is 5.32 Å². The lowest BCUT2D eigenvalue weighted by atomic mass is 9.93. The summed E-state index contributed by atoms with van der Waals surface area (Å²) in [7, 11) is 0. The number of halogens is 8. The van der Waals surface area contributed by atoms with Gasteiger partial charge in [-0.3, -0.25) is 9.29 Å². The van der Waals surface area contributed by atoms with Crippen molar-refractivity contribution in [1.29, 1.82) is 0 Å². The number of nitrogens with zero attached hydrogens (tertiary/aromatic N) is 1. The Kier molecular flexibility index (Phi) is 5.93. The molecule has 0 amide bonds. The smallest absolute Gasteiger partial charge is 0.314 e. The summed E-state index contributed by atoms with van der Waals surface area (Å²) in [6, 6.07) is -1.35. The predicted molar refractivity (Wildman–Crippen MR) is 74.2 cm³/mol. The van der Waals surface area contributed by atoms with Crippen molar-refractivity contribution in [3.63, 3.8) is 0 Å². The molecular formula is C15H16F8N2. The van der Waals surface area contributed by atoms with E-state index in [1.165, 1.54) is 4.90 Å². The van der Waals surface area contributed by atoms with Gasteiger partial charge in [-0.1, -0.05) is 0 Å². The van der Waals surface area contributed by atoms with Gasteiger partial charge in [0, 0.05) is 37.8 Å². The zero-order valence-electron chi connectivity index (χ0n) is 12.9. The van der Waals surface area contributed by atoms with Crippen LogP contribution in [0.4, 0.5) is 35.1 Å². The largest absolute Gasteiger partial charge is 0.416 e. The highest BCUT2D eigenvalue weighted by molar-refractivity contribution is 5.39. The number of hydrogen-bond acceptors (Lipinski definition) is 2. The molecular weight excluding hydrogens is 360 g/mol. The fourth-order valence-corrected chi connectivity index (χ4v) is 2.96. The molecule has 1 atom stereocenters. The van der Waals surface area contributed by atoms with Gasteiger partial charge in [-0.15, -0.1) is 0 Å². The van der Waals surface area contributed by atoms with E-state index in [0.717, 1.165) is 0 Å². The van der Waals surface area contributed by atoms with E-state index in [4.69, 9.17) is 0 Å². The van der Waals surface area contributed by atoms with Crippen molar-refractivity contribution < 1.29 is 35.1 Å². The summed E-state index contributed by atoms with van der Waals surface area (Å²) in [5.74, 6) is -1.63. The first-order valence-corrected chi connectivity index (χ1v) is 7.54. The second-order valence-electron chi connectivity index (χ2n) is 5.69. The standard InChI is InChI=1S/C15H16F8N2/c16-2-1-12(25-5-3-24-4-6-25)13-10(15(21,22)23)7-9(8-11(13)17)14(18,19)20/h7-8,12,24H,1-6H2/t12-/m0/s1. The van der Waals surface area contributed by atoms with Crippen LogP contribution in [0.15, 0.2) is 12.1 Å². The Labute approximate surface area is 138 Å². The van der Waals surface area contributed by atoms with E-state index in [0.29, 0.717) is 13.1 Å². The third kappa shape index (κ3) is 4.60. The van der Waals surface area contributed by atoms with Gasteiger partial charge < -0.3 is 5.32 Å². The predicted octanol–water partition coefficient (Wildman–Crippen LogP) is 4.17. The SMILES string of the molecule is FCC[C@@H](c1c(F)cc(C(F)(F)F)cc1C(F)(F)F)N1CCNCC1. The molecule has 0 unspecified atom stereocenters. The third-order valence-electron chi connectivity index (χ3n) is 4.07. The van der Waals surface area contributed by atoms with Crippen LogP contribution in [0.1, 0.15) is 29.2 Å². The highest BCUT2D eigenvalue weighted by Gasteiger charge is 2.42. The molecule has 0 aliphatic carbocycles. The Morgan fingerprint density at radius 1 is 1.00 bits per heavy atom. The van der Waals surface area contributed by atoms with E-state index < -0.39 is 54.0 Å². The van der Waals surface area contributed by atoms with Crippen LogP contribution < -0.4 is 5.32 Å². The molecule has 1 heterocycles. The first kappa shape index (κ1) is 19.9. The molecule has 10 heteroatoms. The Balaban J connectivity index is 2.59. The first-order valence-electron chi connectivity index (χ1n) is 7.54. The molecule has 1 aliphatic rings. The van der Waals surface area contributed by atoms with Crippen molar-refractivity contribution in [2.24, 2.45) is 0 Å². The molecule has 25 heavy (non-hydrogen) atoms. The van der Waals surface area contributed by atoms with Crippen LogP contribution in [0.3, 0.4) is 0 Å². The lowest BCUT2D eigenvalue weighted by Crippen LogP contribution is -2.45. The van der Waals surface area contributed by atoms with E-state index in [1.807, 2.05) is 0 Å². The first-order chi connectivity index (χ1) is 11.6. The van der Waals surface area contributed by atoms with Crippen LogP contribution in [0.25, 0.3) is 0 Å². The van der Waals surface area contributed by atoms with E-state index in [-0.39, 0.29) is 25.2 Å². The summed E-state index contributed by atoms with van der Waals surface area (Å²) in [6.07, 6.45) is -10.8. The normalized spacial score (nSPS) is 18.4. The van der Waals surface area contributed by atoms with Gasteiger partial charge in [-0.2, -0.15) is 26.3 Å². The van der Waals surface area contributed by atoms with Gasteiger partial charge in [0.2, 0.25) is 0 Å². The summed E-state index contributed by atoms with van der Waals surface area (Å²) in [4.78, 5) is 1.46. The molecule has 1 aromatic carbocycles. The van der Waals surface area contributed by atoms with Crippen LogP contribution >= 0.6 is 0 Å². The molecule has 0 saturated carbocycles. The zero-order valence-corrected chi connectivity index (χ0v) is 12.9. The van der Waals surface area contributed by atoms with Crippen LogP contribution in [0, 0.1) is 5.82 Å². The average Bonchev–Trinajstić information content (AvgIpc) is 2.51. The van der Waals surface area contributed by atoms with Crippen molar-refractivity contribution in [3.8, 4) is 0 Å². The Morgan fingerprint density at radius 3 is 2.08 bits per heavy atom. The second kappa shape index (κ2) is 7.45. The van der Waals surface area contributed by atoms with Gasteiger partial charge in [-0.05, 0) is 18.6 Å². The maximum atomic E-state index is 14.3. The van der Waals surface area contributed by atoms with Gasteiger partial charge in [0.25, 0.3) is 0 Å². The molecule has 2 rings (SSSR count). The molecule has 1 aromatic rings. The minimum Gasteiger partial charge on any atom is -0.314 e. The maximum absolute atomic E-state index is 14.3. The van der Waals surface area contributed by atoms with Gasteiger partial charge in [0.1, 0.15) is 5.82 Å². The van der Waals surface area contributed by atoms with Crippen LogP contribution in [0.5, 0.6) is 0 Å². The number of piperazine rings is 1. The molecule has 0 bridgehead atoms. The summed E-state index contributed by atoms with van der Waals surface area (Å²) in [5, 5.41) is 2.95. The topological polar surface area (TPSA) is 15.3 Å². The Bertz CT molecular complexity index is 590. The lowest BCUT2D eigenvalue weighted by Gasteiger charge is -2.36. The van der Waals surface area contributed by atoms with E-state index >= 15 is 0 Å². The van der Waals surface area contributed by atoms with Crippen LogP contribution in [-0.4, -0.2) is 37.8 Å². The highest BCUT2D eigenvalue weighted by Crippen LogP contribution is 2.42. The summed E-state index contributed by atoms with van der Waals surface area (Å²) < 4.78 is 105. The quantitative estimate of drug-likeness (QED) is 0.794. The number of hydrogen-bond donors (Lipinski definition) is 1. The fourth-order valence-electron chi connectivity index (χ4n) is 2.96. The van der Waals surface area contributed by atoms with Crippen molar-refractivity contribution in [2.45, 2.75) is 24.8 Å². The lowest BCUT2D eigenvalue weighted by molar-refractivity contribution is -0.144. The zero-order chi connectivity index (χ0) is 18.8. The Hall–Kier alpha value is -1.42. The summed E-state index contributed by atoms with van der Waals surface area (Å²) >= 11 is 0. The van der Waals surface area contributed by atoms with Gasteiger partial charge in [0.15, 0.2) is 0 Å². The number of alkyl halides is 7. The molecule has 2 nitrogen and oxygen atoms in total. The number of benzene rings is 1. The molecule has 1 fully saturated rings. The van der Waals surface area contributed by atoms with Crippen molar-refractivity contribution in [1.82, 2.24) is 10.2 Å². The summed E-state index contributed by atoms with van der Waals surface area (Å²) in [5.41, 5.74) is -4.36. The Morgan fingerprint density at radius 2 is 1.60 bits per heavy atom. The minimum atomic E-state index is -5.19. The molecule has 0 spiro atoms. The molecule has 1 aliphatic heterocycles. The van der Waals surface area contributed by atoms with Crippen LogP contribution in [-0.2, 0) is 12.4 Å². The average molecular weight is 376 g/mol. The van der Waals surface area contributed by atoms with Crippen molar-refractivity contribution in [2.75, 3.05) is 32.9 Å². The van der Waals surface area contributed by atoms with Gasteiger partial charge in [-0.25, -0.2) is 4.39 Å². The van der Waals surface area contributed by atoms with Crippen molar-refractivity contribution >= 4 is 0 Å². The molecule has 1 saturated heterocycles. The highest BCUT2D eigenvalue weighted by atomic mass is 19.4. The molecule has 0 aromatic heterocycles. The minimum absolute atomic E-state index is 0.0397. The van der Waals surface area contributed by atoms with E-state index in [9.17, 15) is 35.1 Å². The maximum Gasteiger partial charge on any atom is 0.416 e. The number of nitrogens with one attached hydrogen (secondary N) is 1. The third-order valence-corrected chi connectivity index (χ3v) is 4.07. The molecule has 0 radical (unpaired) electrons. The number of rotatable bonds is 4. The van der Waals surface area contributed by atoms with Crippen molar-refractivity contribution in [3.05, 3.63) is 34.6 Å². The summed E-state index contributed by atoms with van der Waals surface area (Å²) in [6.45, 7) is 0.274. The second-order valence-corrected chi connectivity index (χ2v) is 5.69. The van der Waals surface area contributed by atoms with Gasteiger partial charge >= 0.3 is 12.4 Å². The van der Waals surface area contributed by atoms with E-state index in [1.54, 1.807) is 0 Å². The van der Waals surface area contributed by atoms with Crippen LogP contribution in [0.2, 0.25) is 0 Å². The fraction of sp³-hybridized carbons (Fsp3) is 0.600.